The molecule has 0 atom stereocenters. The summed E-state index contributed by atoms with van der Waals surface area (Å²) in [6.07, 6.45) is 6.10. The monoisotopic (exact) mass is 409 g/mol. The molecular formula is C22H23N3O3S. The van der Waals surface area contributed by atoms with Crippen LogP contribution in [0.2, 0.25) is 0 Å². The predicted molar refractivity (Wildman–Crippen MR) is 114 cm³/mol. The van der Waals surface area contributed by atoms with E-state index in [0.717, 1.165) is 54.0 Å². The molecule has 0 unspecified atom stereocenters. The lowest BCUT2D eigenvalue weighted by Crippen LogP contribution is -2.34. The maximum Gasteiger partial charge on any atom is 0.251 e. The largest absolute Gasteiger partial charge is 0.448 e. The highest BCUT2D eigenvalue weighted by atomic mass is 32.2. The number of anilines is 1. The summed E-state index contributed by atoms with van der Waals surface area (Å²) in [5, 5.41) is 2.99. The Kier molecular flexibility index (Phi) is 4.62. The van der Waals surface area contributed by atoms with Crippen molar-refractivity contribution >= 4 is 34.4 Å². The number of para-hydroxylation sites is 2. The van der Waals surface area contributed by atoms with Gasteiger partial charge in [0, 0.05) is 24.6 Å². The van der Waals surface area contributed by atoms with Crippen molar-refractivity contribution in [3.63, 3.8) is 0 Å². The van der Waals surface area contributed by atoms with Gasteiger partial charge in [0.2, 0.25) is 5.91 Å². The van der Waals surface area contributed by atoms with Gasteiger partial charge in [-0.05, 0) is 43.4 Å². The SMILES string of the molecule is CSCc1nc2ccccc2n1CC(=O)Nc1ccc2c(c1)OC1(CCCC1)O2. The molecule has 1 aliphatic carbocycles. The highest BCUT2D eigenvalue weighted by Gasteiger charge is 2.44. The number of aromatic nitrogens is 2. The summed E-state index contributed by atoms with van der Waals surface area (Å²) in [5.41, 5.74) is 2.60. The Balaban J connectivity index is 1.33. The molecule has 150 valence electrons. The van der Waals surface area contributed by atoms with Gasteiger partial charge >= 0.3 is 0 Å². The lowest BCUT2D eigenvalue weighted by molar-refractivity contribution is -0.116. The van der Waals surface area contributed by atoms with Crippen LogP contribution in [0.25, 0.3) is 11.0 Å². The summed E-state index contributed by atoms with van der Waals surface area (Å²) < 4.78 is 14.1. The van der Waals surface area contributed by atoms with E-state index in [1.165, 1.54) is 0 Å². The molecule has 6 nitrogen and oxygen atoms in total. The van der Waals surface area contributed by atoms with Crippen molar-refractivity contribution in [3.8, 4) is 11.5 Å². The van der Waals surface area contributed by atoms with E-state index in [0.29, 0.717) is 11.4 Å². The number of ether oxygens (including phenoxy) is 2. The van der Waals surface area contributed by atoms with Gasteiger partial charge in [0.15, 0.2) is 11.5 Å². The number of carbonyl (C=O) groups is 1. The molecular weight excluding hydrogens is 386 g/mol. The van der Waals surface area contributed by atoms with Crippen LogP contribution in [-0.4, -0.2) is 27.5 Å². The molecule has 1 fully saturated rings. The molecule has 5 rings (SSSR count). The summed E-state index contributed by atoms with van der Waals surface area (Å²) >= 11 is 1.69. The maximum atomic E-state index is 12.8. The zero-order chi connectivity index (χ0) is 19.8. The molecule has 1 saturated carbocycles. The molecule has 2 aliphatic rings. The second-order valence-corrected chi connectivity index (χ2v) is 8.43. The van der Waals surface area contributed by atoms with Crippen LogP contribution in [0.15, 0.2) is 42.5 Å². The van der Waals surface area contributed by atoms with Crippen molar-refractivity contribution in [1.29, 1.82) is 0 Å². The number of carbonyl (C=O) groups excluding carboxylic acids is 1. The van der Waals surface area contributed by atoms with Gasteiger partial charge in [0.05, 0.1) is 16.8 Å². The van der Waals surface area contributed by atoms with Crippen LogP contribution in [-0.2, 0) is 17.1 Å². The third-order valence-corrected chi connectivity index (χ3v) is 6.04. The minimum absolute atomic E-state index is 0.0926. The molecule has 1 spiro atoms. The number of hydrogen-bond donors (Lipinski definition) is 1. The molecule has 1 amide bonds. The second-order valence-electron chi connectivity index (χ2n) is 7.57. The van der Waals surface area contributed by atoms with Crippen molar-refractivity contribution in [3.05, 3.63) is 48.3 Å². The number of nitrogens with one attached hydrogen (secondary N) is 1. The summed E-state index contributed by atoms with van der Waals surface area (Å²) in [6.45, 7) is 0.217. The predicted octanol–water partition coefficient (Wildman–Crippen LogP) is 4.58. The van der Waals surface area contributed by atoms with Crippen LogP contribution < -0.4 is 14.8 Å². The van der Waals surface area contributed by atoms with Gasteiger partial charge in [-0.25, -0.2) is 4.98 Å². The normalized spacial score (nSPS) is 16.6. The van der Waals surface area contributed by atoms with Crippen LogP contribution in [0.5, 0.6) is 11.5 Å². The highest BCUT2D eigenvalue weighted by Crippen LogP contribution is 2.47. The summed E-state index contributed by atoms with van der Waals surface area (Å²) in [6, 6.07) is 13.5. The van der Waals surface area contributed by atoms with Gasteiger partial charge in [0.25, 0.3) is 5.79 Å². The standard InChI is InChI=1S/C22H23N3O3S/c1-29-14-20-24-16-6-2-3-7-17(16)25(20)13-21(26)23-15-8-9-18-19(12-15)28-22(27-18)10-4-5-11-22/h2-3,6-9,12H,4-5,10-11,13-14H2,1H3,(H,23,26). The van der Waals surface area contributed by atoms with Crippen LogP contribution in [0.3, 0.4) is 0 Å². The summed E-state index contributed by atoms with van der Waals surface area (Å²) in [7, 11) is 0. The first kappa shape index (κ1) is 18.4. The van der Waals surface area contributed by atoms with Gasteiger partial charge in [-0.3, -0.25) is 4.79 Å². The van der Waals surface area contributed by atoms with Gasteiger partial charge in [-0.2, -0.15) is 11.8 Å². The summed E-state index contributed by atoms with van der Waals surface area (Å²) in [5.74, 6) is 2.54. The Hall–Kier alpha value is -2.67. The molecule has 1 N–H and O–H groups in total. The fourth-order valence-corrected chi connectivity index (χ4v) is 4.65. The number of rotatable bonds is 5. The third-order valence-electron chi connectivity index (χ3n) is 5.49. The quantitative estimate of drug-likeness (QED) is 0.668. The molecule has 7 heteroatoms. The Bertz CT molecular complexity index is 1070. The molecule has 3 aromatic rings. The average Bonchev–Trinajstić information content (AvgIpc) is 3.40. The zero-order valence-corrected chi connectivity index (χ0v) is 17.1. The van der Waals surface area contributed by atoms with Crippen molar-refractivity contribution in [2.45, 2.75) is 43.8 Å². The average molecular weight is 410 g/mol. The minimum Gasteiger partial charge on any atom is -0.448 e. The van der Waals surface area contributed by atoms with Crippen LogP contribution >= 0.6 is 11.8 Å². The van der Waals surface area contributed by atoms with Crippen LogP contribution in [0, 0.1) is 0 Å². The molecule has 0 radical (unpaired) electrons. The van der Waals surface area contributed by atoms with Gasteiger partial charge in [-0.15, -0.1) is 0 Å². The molecule has 1 aromatic heterocycles. The Morgan fingerprint density at radius 1 is 1.17 bits per heavy atom. The maximum absolute atomic E-state index is 12.8. The van der Waals surface area contributed by atoms with Gasteiger partial charge in [-0.1, -0.05) is 12.1 Å². The topological polar surface area (TPSA) is 65.4 Å². The molecule has 29 heavy (non-hydrogen) atoms. The van der Waals surface area contributed by atoms with E-state index < -0.39 is 5.79 Å². The molecule has 2 heterocycles. The highest BCUT2D eigenvalue weighted by molar-refractivity contribution is 7.97. The first-order chi connectivity index (χ1) is 14.2. The van der Waals surface area contributed by atoms with Gasteiger partial charge < -0.3 is 19.4 Å². The smallest absolute Gasteiger partial charge is 0.251 e. The lowest BCUT2D eigenvalue weighted by atomic mass is 10.2. The number of benzene rings is 2. The first-order valence-corrected chi connectivity index (χ1v) is 11.3. The van der Waals surface area contributed by atoms with E-state index in [4.69, 9.17) is 9.47 Å². The fourth-order valence-electron chi connectivity index (χ4n) is 4.17. The van der Waals surface area contributed by atoms with Crippen molar-refractivity contribution < 1.29 is 14.3 Å². The number of hydrogen-bond acceptors (Lipinski definition) is 5. The third kappa shape index (κ3) is 3.44. The minimum atomic E-state index is -0.493. The van der Waals surface area contributed by atoms with Gasteiger partial charge in [0.1, 0.15) is 12.4 Å². The second kappa shape index (κ2) is 7.30. The number of thioether (sulfide) groups is 1. The molecule has 0 saturated heterocycles. The van der Waals surface area contributed by atoms with E-state index in [1.807, 2.05) is 53.3 Å². The molecule has 2 aromatic carbocycles. The van der Waals surface area contributed by atoms with E-state index in [-0.39, 0.29) is 12.5 Å². The molecule has 0 bridgehead atoms. The zero-order valence-electron chi connectivity index (χ0n) is 16.3. The van der Waals surface area contributed by atoms with Crippen molar-refractivity contribution in [2.75, 3.05) is 11.6 Å². The number of imidazole rings is 1. The van der Waals surface area contributed by atoms with Crippen molar-refractivity contribution in [2.24, 2.45) is 0 Å². The van der Waals surface area contributed by atoms with Crippen LogP contribution in [0.4, 0.5) is 5.69 Å². The number of nitrogens with zero attached hydrogens (tertiary/aromatic N) is 2. The van der Waals surface area contributed by atoms with E-state index in [2.05, 4.69) is 10.3 Å². The summed E-state index contributed by atoms with van der Waals surface area (Å²) in [4.78, 5) is 17.5. The van der Waals surface area contributed by atoms with Crippen molar-refractivity contribution in [1.82, 2.24) is 9.55 Å². The van der Waals surface area contributed by atoms with Crippen LogP contribution in [0.1, 0.15) is 31.5 Å². The fraction of sp³-hybridized carbons (Fsp3) is 0.364. The number of amides is 1. The van der Waals surface area contributed by atoms with E-state index >= 15 is 0 Å². The Morgan fingerprint density at radius 3 is 2.79 bits per heavy atom. The first-order valence-electron chi connectivity index (χ1n) is 9.91. The lowest BCUT2D eigenvalue weighted by Gasteiger charge is -2.21. The van der Waals surface area contributed by atoms with E-state index in [9.17, 15) is 4.79 Å². The molecule has 1 aliphatic heterocycles. The van der Waals surface area contributed by atoms with E-state index in [1.54, 1.807) is 11.8 Å². The Labute approximate surface area is 173 Å². The number of fused-ring (bicyclic) bond motifs is 2. The Morgan fingerprint density at radius 2 is 1.97 bits per heavy atom.